The molecule has 0 aliphatic carbocycles. The third kappa shape index (κ3) is 1.78. The molecule has 6 heteroatoms. The summed E-state index contributed by atoms with van der Waals surface area (Å²) in [4.78, 5) is 0.984. The van der Waals surface area contributed by atoms with Crippen molar-refractivity contribution in [2.75, 3.05) is 0 Å². The molecule has 0 bridgehead atoms. The average molecular weight is 227 g/mol. The van der Waals surface area contributed by atoms with Crippen molar-refractivity contribution in [3.8, 4) is 5.69 Å². The fourth-order valence-corrected chi connectivity index (χ4v) is 1.48. The summed E-state index contributed by atoms with van der Waals surface area (Å²) in [6, 6.07) is 3.98. The lowest BCUT2D eigenvalue weighted by Gasteiger charge is -2.13. The van der Waals surface area contributed by atoms with Crippen LogP contribution in [0.2, 0.25) is 0 Å². The zero-order chi connectivity index (χ0) is 11.8. The van der Waals surface area contributed by atoms with Crippen LogP contribution in [0.4, 0.5) is 13.2 Å². The molecule has 2 rings (SSSR count). The highest BCUT2D eigenvalue weighted by Gasteiger charge is 2.34. The van der Waals surface area contributed by atoms with Crippen LogP contribution in [-0.4, -0.2) is 15.0 Å². The topological polar surface area (TPSA) is 30.7 Å². The Bertz CT molecular complexity index is 489. The summed E-state index contributed by atoms with van der Waals surface area (Å²) in [6.45, 7) is 1.59. The quantitative estimate of drug-likeness (QED) is 0.749. The van der Waals surface area contributed by atoms with E-state index in [0.717, 1.165) is 10.9 Å². The second-order valence-corrected chi connectivity index (χ2v) is 3.29. The van der Waals surface area contributed by atoms with Crippen LogP contribution in [-0.2, 0) is 6.18 Å². The molecular weight excluding hydrogens is 219 g/mol. The molecule has 1 aromatic heterocycles. The standard InChI is InChI=1S/C10H8F3N3/c1-7-3-2-4-8(10(11,12)13)9(7)16-14-5-6-15-16/h2-6H,1H3. The Kier molecular flexibility index (Phi) is 2.41. The third-order valence-electron chi connectivity index (χ3n) is 2.16. The van der Waals surface area contributed by atoms with Crippen molar-refractivity contribution in [2.24, 2.45) is 0 Å². The molecule has 0 saturated heterocycles. The molecule has 0 saturated carbocycles. The summed E-state index contributed by atoms with van der Waals surface area (Å²) in [7, 11) is 0. The van der Waals surface area contributed by atoms with E-state index in [0.29, 0.717) is 5.56 Å². The van der Waals surface area contributed by atoms with E-state index in [1.807, 2.05) is 0 Å². The molecule has 0 unspecified atom stereocenters. The maximum Gasteiger partial charge on any atom is 0.418 e. The molecule has 0 spiro atoms. The van der Waals surface area contributed by atoms with Gasteiger partial charge in [0.15, 0.2) is 0 Å². The van der Waals surface area contributed by atoms with Gasteiger partial charge in [0.25, 0.3) is 0 Å². The number of hydrogen-bond donors (Lipinski definition) is 0. The molecule has 1 aromatic carbocycles. The first kappa shape index (κ1) is 10.7. The minimum absolute atomic E-state index is 0.0278. The normalized spacial score (nSPS) is 11.8. The van der Waals surface area contributed by atoms with Crippen LogP contribution in [0.3, 0.4) is 0 Å². The number of halogens is 3. The van der Waals surface area contributed by atoms with Crippen molar-refractivity contribution in [1.82, 2.24) is 15.0 Å². The SMILES string of the molecule is Cc1cccc(C(F)(F)F)c1-n1nccn1. The van der Waals surface area contributed by atoms with E-state index >= 15 is 0 Å². The molecule has 0 N–H and O–H groups in total. The molecule has 84 valence electrons. The van der Waals surface area contributed by atoms with E-state index in [-0.39, 0.29) is 5.69 Å². The molecule has 3 nitrogen and oxygen atoms in total. The van der Waals surface area contributed by atoms with Gasteiger partial charge in [-0.3, -0.25) is 0 Å². The molecule has 0 radical (unpaired) electrons. The highest BCUT2D eigenvalue weighted by molar-refractivity contribution is 5.47. The van der Waals surface area contributed by atoms with Crippen LogP contribution in [0.1, 0.15) is 11.1 Å². The molecule has 0 amide bonds. The van der Waals surface area contributed by atoms with E-state index in [2.05, 4.69) is 10.2 Å². The highest BCUT2D eigenvalue weighted by Crippen LogP contribution is 2.34. The molecular formula is C10H8F3N3. The van der Waals surface area contributed by atoms with E-state index in [9.17, 15) is 13.2 Å². The summed E-state index contributed by atoms with van der Waals surface area (Å²) >= 11 is 0. The van der Waals surface area contributed by atoms with Gasteiger partial charge in [-0.2, -0.15) is 28.2 Å². The van der Waals surface area contributed by atoms with Crippen LogP contribution in [0.5, 0.6) is 0 Å². The first-order valence-corrected chi connectivity index (χ1v) is 4.53. The number of hydrogen-bond acceptors (Lipinski definition) is 2. The Morgan fingerprint density at radius 3 is 2.31 bits per heavy atom. The van der Waals surface area contributed by atoms with Crippen molar-refractivity contribution in [1.29, 1.82) is 0 Å². The van der Waals surface area contributed by atoms with Crippen LogP contribution in [0, 0.1) is 6.92 Å². The van der Waals surface area contributed by atoms with Crippen molar-refractivity contribution in [2.45, 2.75) is 13.1 Å². The fraction of sp³-hybridized carbons (Fsp3) is 0.200. The molecule has 16 heavy (non-hydrogen) atoms. The maximum absolute atomic E-state index is 12.8. The molecule has 0 aliphatic heterocycles. The lowest BCUT2D eigenvalue weighted by atomic mass is 10.1. The number of aryl methyl sites for hydroxylation is 1. The predicted molar refractivity (Wildman–Crippen MR) is 51.1 cm³/mol. The smallest absolute Gasteiger partial charge is 0.166 e. The molecule has 2 aromatic rings. The van der Waals surface area contributed by atoms with Gasteiger partial charge in [-0.1, -0.05) is 12.1 Å². The van der Waals surface area contributed by atoms with Crippen molar-refractivity contribution >= 4 is 0 Å². The van der Waals surface area contributed by atoms with Crippen LogP contribution < -0.4 is 0 Å². The summed E-state index contributed by atoms with van der Waals surface area (Å²) in [5, 5.41) is 7.45. The summed E-state index contributed by atoms with van der Waals surface area (Å²) < 4.78 is 38.3. The van der Waals surface area contributed by atoms with Crippen LogP contribution in [0.15, 0.2) is 30.6 Å². The summed E-state index contributed by atoms with van der Waals surface area (Å²) in [5.41, 5.74) is -0.283. The van der Waals surface area contributed by atoms with E-state index in [1.54, 1.807) is 13.0 Å². The molecule has 0 fully saturated rings. The van der Waals surface area contributed by atoms with Gasteiger partial charge >= 0.3 is 6.18 Å². The zero-order valence-electron chi connectivity index (χ0n) is 8.36. The Morgan fingerprint density at radius 1 is 1.12 bits per heavy atom. The van der Waals surface area contributed by atoms with Gasteiger partial charge in [0, 0.05) is 0 Å². The third-order valence-corrected chi connectivity index (χ3v) is 2.16. The maximum atomic E-state index is 12.8. The number of para-hydroxylation sites is 1. The van der Waals surface area contributed by atoms with E-state index in [1.165, 1.54) is 18.5 Å². The lowest BCUT2D eigenvalue weighted by Crippen LogP contribution is -2.13. The summed E-state index contributed by atoms with van der Waals surface area (Å²) in [5.74, 6) is 0. The monoisotopic (exact) mass is 227 g/mol. The first-order valence-electron chi connectivity index (χ1n) is 4.53. The van der Waals surface area contributed by atoms with Crippen molar-refractivity contribution in [3.63, 3.8) is 0 Å². The van der Waals surface area contributed by atoms with Crippen molar-refractivity contribution < 1.29 is 13.2 Å². The first-order chi connectivity index (χ1) is 7.50. The highest BCUT2D eigenvalue weighted by atomic mass is 19.4. The van der Waals surface area contributed by atoms with Gasteiger partial charge in [0.2, 0.25) is 0 Å². The van der Waals surface area contributed by atoms with Gasteiger partial charge in [0.1, 0.15) is 5.69 Å². The Hall–Kier alpha value is -1.85. The zero-order valence-corrected chi connectivity index (χ0v) is 8.36. The Balaban J connectivity index is 2.68. The van der Waals surface area contributed by atoms with Gasteiger partial charge < -0.3 is 0 Å². The number of alkyl halides is 3. The number of nitrogens with zero attached hydrogens (tertiary/aromatic N) is 3. The second-order valence-electron chi connectivity index (χ2n) is 3.29. The number of benzene rings is 1. The van der Waals surface area contributed by atoms with Gasteiger partial charge in [0.05, 0.1) is 18.0 Å². The van der Waals surface area contributed by atoms with E-state index in [4.69, 9.17) is 0 Å². The Morgan fingerprint density at radius 2 is 1.75 bits per heavy atom. The van der Waals surface area contributed by atoms with Crippen molar-refractivity contribution in [3.05, 3.63) is 41.7 Å². The van der Waals surface area contributed by atoms with E-state index < -0.39 is 11.7 Å². The Labute approximate surface area is 89.5 Å². The predicted octanol–water partition coefficient (Wildman–Crippen LogP) is 2.59. The van der Waals surface area contributed by atoms with Crippen LogP contribution >= 0.6 is 0 Å². The molecule has 1 heterocycles. The number of rotatable bonds is 1. The summed E-state index contributed by atoms with van der Waals surface area (Å²) in [6.07, 6.45) is -1.73. The largest absolute Gasteiger partial charge is 0.418 e. The molecule has 0 aliphatic rings. The van der Waals surface area contributed by atoms with Gasteiger partial charge in [-0.25, -0.2) is 0 Å². The molecule has 0 atom stereocenters. The fourth-order valence-electron chi connectivity index (χ4n) is 1.48. The van der Waals surface area contributed by atoms with Gasteiger partial charge in [-0.15, -0.1) is 0 Å². The lowest BCUT2D eigenvalue weighted by molar-refractivity contribution is -0.137. The van der Waals surface area contributed by atoms with Crippen LogP contribution in [0.25, 0.3) is 5.69 Å². The number of aromatic nitrogens is 3. The average Bonchev–Trinajstić information content (AvgIpc) is 2.68. The second kappa shape index (κ2) is 3.62. The minimum atomic E-state index is -4.41. The van der Waals surface area contributed by atoms with Gasteiger partial charge in [-0.05, 0) is 18.6 Å². The minimum Gasteiger partial charge on any atom is -0.166 e.